The van der Waals surface area contributed by atoms with Crippen molar-refractivity contribution in [2.24, 2.45) is 0 Å². The first kappa shape index (κ1) is 13.1. The van der Waals surface area contributed by atoms with E-state index in [0.717, 1.165) is 24.9 Å². The maximum Gasteiger partial charge on any atom is 0.263 e. The Hall–Kier alpha value is -1.39. The molecule has 0 unspecified atom stereocenters. The molecule has 0 N–H and O–H groups in total. The normalized spacial score (nSPS) is 20.0. The van der Waals surface area contributed by atoms with Crippen LogP contribution >= 0.6 is 0 Å². The molecule has 2 rings (SSSR count). The highest BCUT2D eigenvalue weighted by molar-refractivity contribution is 5.80. The van der Waals surface area contributed by atoms with Crippen molar-refractivity contribution in [3.05, 3.63) is 35.9 Å². The number of hydrogen-bond donors (Lipinski definition) is 0. The van der Waals surface area contributed by atoms with Gasteiger partial charge in [0.25, 0.3) is 5.91 Å². The zero-order chi connectivity index (χ0) is 13.0. The quantitative estimate of drug-likeness (QED) is 0.760. The van der Waals surface area contributed by atoms with Crippen molar-refractivity contribution >= 4 is 5.91 Å². The van der Waals surface area contributed by atoms with Gasteiger partial charge in [0.15, 0.2) is 0 Å². The number of likely N-dealkylation sites (tertiary alicyclic amines) is 1. The molecule has 0 aliphatic carbocycles. The first-order valence-electron chi connectivity index (χ1n) is 6.33. The Morgan fingerprint density at radius 3 is 2.78 bits per heavy atom. The Labute approximate surface area is 108 Å². The summed E-state index contributed by atoms with van der Waals surface area (Å²) in [5, 5.41) is 1.37. The van der Waals surface area contributed by atoms with Crippen molar-refractivity contribution in [3.63, 3.8) is 0 Å². The second kappa shape index (κ2) is 5.98. The molecule has 4 heteroatoms. The fourth-order valence-corrected chi connectivity index (χ4v) is 2.24. The van der Waals surface area contributed by atoms with E-state index in [1.54, 1.807) is 7.05 Å². The highest BCUT2D eigenvalue weighted by Crippen LogP contribution is 2.17. The lowest BCUT2D eigenvalue weighted by Gasteiger charge is -2.24. The van der Waals surface area contributed by atoms with Gasteiger partial charge in [0, 0.05) is 7.05 Å². The molecule has 0 radical (unpaired) electrons. The predicted molar refractivity (Wildman–Crippen MR) is 69.7 cm³/mol. The summed E-state index contributed by atoms with van der Waals surface area (Å²) < 4.78 is 0. The van der Waals surface area contributed by atoms with Crippen LogP contribution in [-0.2, 0) is 16.2 Å². The van der Waals surface area contributed by atoms with Crippen molar-refractivity contribution in [2.45, 2.75) is 25.5 Å². The summed E-state index contributed by atoms with van der Waals surface area (Å²) >= 11 is 0. The molecule has 1 aliphatic heterocycles. The summed E-state index contributed by atoms with van der Waals surface area (Å²) in [6.45, 7) is 1.42. The van der Waals surface area contributed by atoms with E-state index in [9.17, 15) is 4.79 Å². The summed E-state index contributed by atoms with van der Waals surface area (Å²) in [6, 6.07) is 9.84. The maximum absolute atomic E-state index is 12.1. The van der Waals surface area contributed by atoms with Crippen LogP contribution in [0.5, 0.6) is 0 Å². The fourth-order valence-electron chi connectivity index (χ4n) is 2.24. The van der Waals surface area contributed by atoms with Gasteiger partial charge in [-0.2, -0.15) is 0 Å². The third kappa shape index (κ3) is 3.09. The molecule has 18 heavy (non-hydrogen) atoms. The molecule has 98 valence electrons. The Kier molecular flexibility index (Phi) is 4.33. The lowest BCUT2D eigenvalue weighted by atomic mass is 10.2. The minimum absolute atomic E-state index is 0.0224. The molecule has 0 bridgehead atoms. The van der Waals surface area contributed by atoms with E-state index in [1.165, 1.54) is 5.06 Å². The number of hydrogen-bond acceptors (Lipinski definition) is 3. The van der Waals surface area contributed by atoms with Crippen LogP contribution in [0.2, 0.25) is 0 Å². The van der Waals surface area contributed by atoms with E-state index >= 15 is 0 Å². The van der Waals surface area contributed by atoms with Gasteiger partial charge in [-0.3, -0.25) is 14.5 Å². The Morgan fingerprint density at radius 2 is 2.17 bits per heavy atom. The molecule has 1 amide bonds. The van der Waals surface area contributed by atoms with Crippen molar-refractivity contribution in [2.75, 3.05) is 20.6 Å². The monoisotopic (exact) mass is 248 g/mol. The van der Waals surface area contributed by atoms with Crippen molar-refractivity contribution < 1.29 is 9.63 Å². The van der Waals surface area contributed by atoms with E-state index in [2.05, 4.69) is 4.90 Å². The molecular formula is C14H20N2O2. The molecule has 1 aromatic carbocycles. The number of hydroxylamine groups is 2. The highest BCUT2D eigenvalue weighted by atomic mass is 16.7. The van der Waals surface area contributed by atoms with Gasteiger partial charge in [0.2, 0.25) is 0 Å². The Morgan fingerprint density at radius 1 is 1.44 bits per heavy atom. The minimum Gasteiger partial charge on any atom is -0.295 e. The SMILES string of the molecule is CN(OCc1ccccc1)C(=O)[C@@H]1CCCN1C. The number of amides is 1. The fraction of sp³-hybridized carbons (Fsp3) is 0.500. The lowest BCUT2D eigenvalue weighted by Crippen LogP contribution is -2.42. The molecule has 1 fully saturated rings. The standard InChI is InChI=1S/C14H20N2O2/c1-15-10-6-9-13(15)14(17)16(2)18-11-12-7-4-3-5-8-12/h3-5,7-8,13H,6,9-11H2,1-2H3/t13-/m0/s1. The number of nitrogens with zero attached hydrogens (tertiary/aromatic N) is 2. The zero-order valence-electron chi connectivity index (χ0n) is 11.0. The van der Waals surface area contributed by atoms with Crippen LogP contribution in [0.25, 0.3) is 0 Å². The summed E-state index contributed by atoms with van der Waals surface area (Å²) in [6.07, 6.45) is 2.01. The van der Waals surface area contributed by atoms with Gasteiger partial charge in [-0.15, -0.1) is 0 Å². The number of benzene rings is 1. The molecule has 1 heterocycles. The maximum atomic E-state index is 12.1. The summed E-state index contributed by atoms with van der Waals surface area (Å²) in [4.78, 5) is 19.7. The van der Waals surface area contributed by atoms with Gasteiger partial charge >= 0.3 is 0 Å². The highest BCUT2D eigenvalue weighted by Gasteiger charge is 2.30. The van der Waals surface area contributed by atoms with Crippen LogP contribution < -0.4 is 0 Å². The van der Waals surface area contributed by atoms with Crippen molar-refractivity contribution in [1.82, 2.24) is 9.96 Å². The van der Waals surface area contributed by atoms with Gasteiger partial charge in [0.1, 0.15) is 6.61 Å². The van der Waals surface area contributed by atoms with Gasteiger partial charge in [-0.1, -0.05) is 30.3 Å². The lowest BCUT2D eigenvalue weighted by molar-refractivity contribution is -0.186. The second-order valence-electron chi connectivity index (χ2n) is 4.73. The van der Waals surface area contributed by atoms with E-state index in [4.69, 9.17) is 4.84 Å². The van der Waals surface area contributed by atoms with Gasteiger partial charge in [-0.05, 0) is 32.0 Å². The van der Waals surface area contributed by atoms with Crippen LogP contribution in [-0.4, -0.2) is 42.6 Å². The van der Waals surface area contributed by atoms with Crippen LogP contribution in [0.3, 0.4) is 0 Å². The second-order valence-corrected chi connectivity index (χ2v) is 4.73. The van der Waals surface area contributed by atoms with Crippen LogP contribution in [0.4, 0.5) is 0 Å². The van der Waals surface area contributed by atoms with E-state index in [-0.39, 0.29) is 11.9 Å². The van der Waals surface area contributed by atoms with E-state index in [0.29, 0.717) is 6.61 Å². The molecule has 1 aromatic rings. The number of carbonyl (C=O) groups is 1. The number of rotatable bonds is 4. The van der Waals surface area contributed by atoms with E-state index in [1.807, 2.05) is 37.4 Å². The first-order chi connectivity index (χ1) is 8.68. The Balaban J connectivity index is 1.84. The number of likely N-dealkylation sites (N-methyl/N-ethyl adjacent to an activating group) is 2. The van der Waals surface area contributed by atoms with Gasteiger partial charge in [-0.25, -0.2) is 5.06 Å². The molecular weight excluding hydrogens is 228 g/mol. The van der Waals surface area contributed by atoms with Crippen LogP contribution in [0, 0.1) is 0 Å². The first-order valence-corrected chi connectivity index (χ1v) is 6.33. The van der Waals surface area contributed by atoms with Gasteiger partial charge < -0.3 is 0 Å². The molecule has 4 nitrogen and oxygen atoms in total. The minimum atomic E-state index is -0.0224. The summed E-state index contributed by atoms with van der Waals surface area (Å²) in [5.74, 6) is 0.0472. The average Bonchev–Trinajstić information content (AvgIpc) is 2.82. The van der Waals surface area contributed by atoms with Crippen LogP contribution in [0.15, 0.2) is 30.3 Å². The third-order valence-corrected chi connectivity index (χ3v) is 3.38. The predicted octanol–water partition coefficient (Wildman–Crippen LogP) is 1.67. The van der Waals surface area contributed by atoms with E-state index < -0.39 is 0 Å². The van der Waals surface area contributed by atoms with Crippen LogP contribution in [0.1, 0.15) is 18.4 Å². The largest absolute Gasteiger partial charge is 0.295 e. The summed E-state index contributed by atoms with van der Waals surface area (Å²) in [5.41, 5.74) is 1.07. The molecule has 0 saturated carbocycles. The Bertz CT molecular complexity index is 394. The van der Waals surface area contributed by atoms with Crippen molar-refractivity contribution in [3.8, 4) is 0 Å². The molecule has 1 aliphatic rings. The summed E-state index contributed by atoms with van der Waals surface area (Å²) in [7, 11) is 3.68. The zero-order valence-corrected chi connectivity index (χ0v) is 11.0. The molecule has 0 aromatic heterocycles. The third-order valence-electron chi connectivity index (χ3n) is 3.38. The van der Waals surface area contributed by atoms with Crippen molar-refractivity contribution in [1.29, 1.82) is 0 Å². The van der Waals surface area contributed by atoms with Gasteiger partial charge in [0.05, 0.1) is 6.04 Å². The molecule has 0 spiro atoms. The molecule has 1 atom stereocenters. The number of carbonyl (C=O) groups excluding carboxylic acids is 1. The topological polar surface area (TPSA) is 32.8 Å². The average molecular weight is 248 g/mol. The molecule has 1 saturated heterocycles. The smallest absolute Gasteiger partial charge is 0.263 e.